The predicted octanol–water partition coefficient (Wildman–Crippen LogP) is 7.50. The number of benzene rings is 3. The summed E-state index contributed by atoms with van der Waals surface area (Å²) in [5, 5.41) is 0.463. The van der Waals surface area contributed by atoms with Crippen LogP contribution in [0, 0.1) is 13.8 Å². The van der Waals surface area contributed by atoms with Gasteiger partial charge in [-0.15, -0.1) is 0 Å². The van der Waals surface area contributed by atoms with Gasteiger partial charge in [-0.3, -0.25) is 14.5 Å². The Morgan fingerprint density at radius 2 is 1.68 bits per heavy atom. The molecule has 0 bridgehead atoms. The van der Waals surface area contributed by atoms with Crippen molar-refractivity contribution in [3.8, 4) is 11.5 Å². The fourth-order valence-electron chi connectivity index (χ4n) is 4.92. The molecule has 0 aliphatic carbocycles. The van der Waals surface area contributed by atoms with Crippen LogP contribution in [0.4, 0.5) is 5.69 Å². The number of unbranched alkanes of at least 4 members (excludes halogenated alkanes) is 2. The third kappa shape index (κ3) is 4.60. The number of ether oxygens (including phenoxy) is 2. The van der Waals surface area contributed by atoms with Gasteiger partial charge in [0.2, 0.25) is 5.76 Å². The molecule has 4 aromatic rings. The molecule has 1 atom stereocenters. The van der Waals surface area contributed by atoms with E-state index in [2.05, 4.69) is 22.9 Å². The Morgan fingerprint density at radius 1 is 0.947 bits per heavy atom. The van der Waals surface area contributed by atoms with Gasteiger partial charge in [0.25, 0.3) is 5.91 Å². The van der Waals surface area contributed by atoms with Gasteiger partial charge in [-0.1, -0.05) is 41.8 Å². The maximum atomic E-state index is 14.0. The Kier molecular flexibility index (Phi) is 7.30. The highest BCUT2D eigenvalue weighted by atomic mass is 79.9. The topological polar surface area (TPSA) is 69.0 Å². The van der Waals surface area contributed by atoms with E-state index < -0.39 is 6.04 Å². The van der Waals surface area contributed by atoms with E-state index in [4.69, 9.17) is 13.9 Å². The van der Waals surface area contributed by atoms with Gasteiger partial charge in [0.15, 0.2) is 16.9 Å². The van der Waals surface area contributed by atoms with Crippen molar-refractivity contribution in [1.29, 1.82) is 0 Å². The first-order valence-corrected chi connectivity index (χ1v) is 13.6. The largest absolute Gasteiger partial charge is 0.493 e. The maximum Gasteiger partial charge on any atom is 0.295 e. The van der Waals surface area contributed by atoms with Crippen LogP contribution in [0.2, 0.25) is 0 Å². The third-order valence-electron chi connectivity index (χ3n) is 7.10. The summed E-state index contributed by atoms with van der Waals surface area (Å²) in [4.78, 5) is 29.5. The Hall–Kier alpha value is -3.58. The number of amides is 1. The fraction of sp³-hybridized carbons (Fsp3) is 0.290. The van der Waals surface area contributed by atoms with Gasteiger partial charge in [0.1, 0.15) is 5.58 Å². The van der Waals surface area contributed by atoms with E-state index >= 15 is 0 Å². The number of carbonyl (C=O) groups is 1. The number of halogens is 1. The van der Waals surface area contributed by atoms with Crippen LogP contribution in [0.15, 0.2) is 68.3 Å². The van der Waals surface area contributed by atoms with Gasteiger partial charge >= 0.3 is 0 Å². The predicted molar refractivity (Wildman–Crippen MR) is 153 cm³/mol. The first kappa shape index (κ1) is 26.0. The number of aryl methyl sites for hydroxylation is 2. The molecule has 0 saturated heterocycles. The lowest BCUT2D eigenvalue weighted by molar-refractivity contribution is 0.0971. The molecule has 196 valence electrons. The molecule has 0 spiro atoms. The fourth-order valence-corrected chi connectivity index (χ4v) is 5.18. The van der Waals surface area contributed by atoms with Gasteiger partial charge in [-0.25, -0.2) is 0 Å². The first-order valence-electron chi connectivity index (χ1n) is 12.8. The number of anilines is 1. The van der Waals surface area contributed by atoms with Crippen LogP contribution in [0.3, 0.4) is 0 Å². The van der Waals surface area contributed by atoms with Gasteiger partial charge in [-0.05, 0) is 85.5 Å². The lowest BCUT2D eigenvalue weighted by Crippen LogP contribution is -2.29. The zero-order valence-electron chi connectivity index (χ0n) is 22.0. The second kappa shape index (κ2) is 10.7. The summed E-state index contributed by atoms with van der Waals surface area (Å²) in [6.07, 6.45) is 3.15. The van der Waals surface area contributed by atoms with Crippen molar-refractivity contribution in [2.75, 3.05) is 18.6 Å². The minimum Gasteiger partial charge on any atom is -0.493 e. The van der Waals surface area contributed by atoms with Crippen LogP contribution in [-0.2, 0) is 0 Å². The van der Waals surface area contributed by atoms with Crippen molar-refractivity contribution < 1.29 is 18.7 Å². The minimum absolute atomic E-state index is 0.0672. The second-order valence-corrected chi connectivity index (χ2v) is 10.5. The highest BCUT2D eigenvalue weighted by Gasteiger charge is 2.44. The Labute approximate surface area is 230 Å². The van der Waals surface area contributed by atoms with Gasteiger partial charge < -0.3 is 13.9 Å². The summed E-state index contributed by atoms with van der Waals surface area (Å²) in [6, 6.07) is 16.0. The average molecular weight is 576 g/mol. The van der Waals surface area contributed by atoms with Crippen LogP contribution in [0.25, 0.3) is 11.0 Å². The molecule has 0 N–H and O–H groups in total. The summed E-state index contributed by atoms with van der Waals surface area (Å²) >= 11 is 3.47. The molecule has 7 heteroatoms. The zero-order chi connectivity index (χ0) is 27.0. The molecule has 5 rings (SSSR count). The van der Waals surface area contributed by atoms with Gasteiger partial charge in [0, 0.05) is 10.2 Å². The molecule has 0 radical (unpaired) electrons. The van der Waals surface area contributed by atoms with Crippen LogP contribution < -0.4 is 19.8 Å². The monoisotopic (exact) mass is 575 g/mol. The summed E-state index contributed by atoms with van der Waals surface area (Å²) in [5.74, 6) is 0.886. The Balaban J connectivity index is 1.68. The SMILES string of the molecule is CCCCCOc1ccc(C2c3c(oc4cc(C)c(C)cc4c3=O)C(=O)N2c2ccc(Br)cc2)cc1OC. The smallest absolute Gasteiger partial charge is 0.295 e. The number of fused-ring (bicyclic) bond motifs is 2. The van der Waals surface area contributed by atoms with E-state index in [0.717, 1.165) is 40.4 Å². The number of methoxy groups -OCH3 is 1. The molecule has 0 saturated carbocycles. The van der Waals surface area contributed by atoms with E-state index in [1.54, 1.807) is 12.0 Å². The van der Waals surface area contributed by atoms with Crippen molar-refractivity contribution in [3.63, 3.8) is 0 Å². The maximum absolute atomic E-state index is 14.0. The molecular weight excluding hydrogens is 546 g/mol. The molecule has 3 aromatic carbocycles. The number of hydrogen-bond acceptors (Lipinski definition) is 5. The first-order chi connectivity index (χ1) is 18.3. The van der Waals surface area contributed by atoms with Crippen molar-refractivity contribution in [2.45, 2.75) is 46.1 Å². The summed E-state index contributed by atoms with van der Waals surface area (Å²) in [7, 11) is 1.59. The molecule has 1 aliphatic heterocycles. The quantitative estimate of drug-likeness (QED) is 0.203. The molecule has 2 heterocycles. The number of carbonyl (C=O) groups excluding carboxylic acids is 1. The Morgan fingerprint density at radius 3 is 2.39 bits per heavy atom. The van der Waals surface area contributed by atoms with Gasteiger partial charge in [-0.2, -0.15) is 0 Å². The summed E-state index contributed by atoms with van der Waals surface area (Å²) < 4.78 is 18.7. The van der Waals surface area contributed by atoms with E-state index in [-0.39, 0.29) is 17.1 Å². The standard InChI is InChI=1S/C31H30BrNO5/c1-5-6-7-14-37-24-13-8-20(17-26(24)36-4)28-27-29(34)23-15-18(2)19(3)16-25(23)38-30(27)31(35)33(28)22-11-9-21(32)10-12-22/h8-13,15-17,28H,5-7,14H2,1-4H3. The van der Waals surface area contributed by atoms with Crippen LogP contribution >= 0.6 is 15.9 Å². The minimum atomic E-state index is -0.691. The molecule has 38 heavy (non-hydrogen) atoms. The normalized spacial score (nSPS) is 14.7. The third-order valence-corrected chi connectivity index (χ3v) is 7.63. The van der Waals surface area contributed by atoms with Crippen LogP contribution in [0.1, 0.15) is 65.0 Å². The van der Waals surface area contributed by atoms with Crippen LogP contribution in [0.5, 0.6) is 11.5 Å². The highest BCUT2D eigenvalue weighted by molar-refractivity contribution is 9.10. The highest BCUT2D eigenvalue weighted by Crippen LogP contribution is 2.43. The number of hydrogen-bond donors (Lipinski definition) is 0. The molecule has 1 aliphatic rings. The molecule has 1 unspecified atom stereocenters. The van der Waals surface area contributed by atoms with Crippen molar-refractivity contribution in [2.24, 2.45) is 0 Å². The van der Waals surface area contributed by atoms with Crippen molar-refractivity contribution in [1.82, 2.24) is 0 Å². The van der Waals surface area contributed by atoms with E-state index in [1.165, 1.54) is 0 Å². The van der Waals surface area contributed by atoms with Crippen molar-refractivity contribution >= 4 is 38.5 Å². The molecule has 6 nitrogen and oxygen atoms in total. The Bertz CT molecular complexity index is 1570. The van der Waals surface area contributed by atoms with Crippen molar-refractivity contribution in [3.05, 3.63) is 97.3 Å². The number of nitrogens with zero attached hydrogens (tertiary/aromatic N) is 1. The van der Waals surface area contributed by atoms with E-state index in [9.17, 15) is 9.59 Å². The van der Waals surface area contributed by atoms with E-state index in [1.807, 2.05) is 68.4 Å². The lowest BCUT2D eigenvalue weighted by atomic mass is 9.97. The average Bonchev–Trinajstić information content (AvgIpc) is 3.20. The summed E-state index contributed by atoms with van der Waals surface area (Å²) in [5.41, 5.74) is 3.90. The second-order valence-electron chi connectivity index (χ2n) is 9.63. The lowest BCUT2D eigenvalue weighted by Gasteiger charge is -2.26. The molecular formula is C31H30BrNO5. The zero-order valence-corrected chi connectivity index (χ0v) is 23.6. The molecule has 1 amide bonds. The van der Waals surface area contributed by atoms with Crippen LogP contribution in [-0.4, -0.2) is 19.6 Å². The van der Waals surface area contributed by atoms with Gasteiger partial charge in [0.05, 0.1) is 30.7 Å². The summed E-state index contributed by atoms with van der Waals surface area (Å²) in [6.45, 7) is 6.66. The molecule has 0 fully saturated rings. The number of rotatable bonds is 8. The molecule has 1 aromatic heterocycles. The van der Waals surface area contributed by atoms with E-state index in [0.29, 0.717) is 40.3 Å².